The minimum atomic E-state index is -4.06. The minimum Gasteiger partial charge on any atom is -0.348 e. The first-order chi connectivity index (χ1) is 15.9. The Kier molecular flexibility index (Phi) is 6.50. The molecule has 0 saturated heterocycles. The van der Waals surface area contributed by atoms with E-state index in [0.717, 1.165) is 17.2 Å². The molecule has 168 valence electrons. The lowest BCUT2D eigenvalue weighted by Gasteiger charge is -2.11. The second-order valence-corrected chi connectivity index (χ2v) is 9.03. The summed E-state index contributed by atoms with van der Waals surface area (Å²) in [4.78, 5) is 16.5. The highest BCUT2D eigenvalue weighted by atomic mass is 32.2. The van der Waals surface area contributed by atoms with Gasteiger partial charge in [0, 0.05) is 31.0 Å². The molecule has 4 rings (SSSR count). The third-order valence-electron chi connectivity index (χ3n) is 4.93. The van der Waals surface area contributed by atoms with Crippen molar-refractivity contribution in [3.8, 4) is 0 Å². The minimum absolute atomic E-state index is 0.137. The molecule has 1 aromatic heterocycles. The molecule has 0 aliphatic rings. The van der Waals surface area contributed by atoms with Crippen molar-refractivity contribution < 1.29 is 17.6 Å². The molecule has 2 N–H and O–H groups in total. The van der Waals surface area contributed by atoms with Gasteiger partial charge in [-0.05, 0) is 41.5 Å². The normalized spacial score (nSPS) is 11.2. The zero-order chi connectivity index (χ0) is 23.3. The Morgan fingerprint density at radius 2 is 1.73 bits per heavy atom. The van der Waals surface area contributed by atoms with Crippen LogP contribution >= 0.6 is 0 Å². The number of carbonyl (C=O) groups excluding carboxylic acids is 1. The van der Waals surface area contributed by atoms with Crippen LogP contribution in [0.2, 0.25) is 0 Å². The lowest BCUT2D eigenvalue weighted by molar-refractivity contribution is 0.0950. The van der Waals surface area contributed by atoms with E-state index in [1.807, 2.05) is 35.0 Å². The number of hydrogen-bond donors (Lipinski definition) is 2. The van der Waals surface area contributed by atoms with Crippen LogP contribution in [0, 0.1) is 5.82 Å². The van der Waals surface area contributed by atoms with E-state index in [9.17, 15) is 17.6 Å². The first-order valence-corrected chi connectivity index (χ1v) is 11.6. The molecule has 0 saturated carbocycles. The second kappa shape index (κ2) is 9.66. The topological polar surface area (TPSA) is 93.1 Å². The molecule has 0 radical (unpaired) electrons. The maximum atomic E-state index is 13.8. The molecular weight excluding hydrogens is 443 g/mol. The van der Waals surface area contributed by atoms with Gasteiger partial charge in [0.2, 0.25) is 0 Å². The average molecular weight is 465 g/mol. The number of nitrogens with one attached hydrogen (secondary N) is 2. The van der Waals surface area contributed by atoms with Crippen LogP contribution in [-0.4, -0.2) is 23.9 Å². The van der Waals surface area contributed by atoms with Crippen LogP contribution in [0.3, 0.4) is 0 Å². The molecule has 0 atom stereocenters. The lowest BCUT2D eigenvalue weighted by atomic mass is 10.1. The number of aromatic nitrogens is 2. The Balaban J connectivity index is 1.40. The zero-order valence-corrected chi connectivity index (χ0v) is 18.3. The Morgan fingerprint density at radius 3 is 2.45 bits per heavy atom. The Bertz CT molecular complexity index is 1350. The third kappa shape index (κ3) is 5.64. The van der Waals surface area contributed by atoms with Gasteiger partial charge in [-0.15, -0.1) is 0 Å². The summed E-state index contributed by atoms with van der Waals surface area (Å²) >= 11 is 0. The molecule has 0 aliphatic heterocycles. The summed E-state index contributed by atoms with van der Waals surface area (Å²) in [5.74, 6) is -1.11. The molecule has 3 aromatic carbocycles. The third-order valence-corrected chi connectivity index (χ3v) is 6.29. The molecule has 1 amide bonds. The van der Waals surface area contributed by atoms with Gasteiger partial charge >= 0.3 is 0 Å². The molecule has 1 heterocycles. The maximum Gasteiger partial charge on any atom is 0.262 e. The fraction of sp³-hybridized carbons (Fsp3) is 0.0833. The second-order valence-electron chi connectivity index (χ2n) is 7.35. The SMILES string of the molecule is O=C(NCc1ccc(Cn2ccnc2)cc1)c1cccc(S(=O)(=O)Nc2ccccc2F)c1. The first-order valence-electron chi connectivity index (χ1n) is 10.1. The van der Waals surface area contributed by atoms with E-state index in [4.69, 9.17) is 0 Å². The Hall–Kier alpha value is -3.98. The fourth-order valence-electron chi connectivity index (χ4n) is 3.19. The number of anilines is 1. The molecule has 0 aliphatic carbocycles. The average Bonchev–Trinajstić information content (AvgIpc) is 3.33. The predicted octanol–water partition coefficient (Wildman–Crippen LogP) is 3.80. The number of amides is 1. The van der Waals surface area contributed by atoms with Crippen molar-refractivity contribution >= 4 is 21.6 Å². The molecule has 9 heteroatoms. The highest BCUT2D eigenvalue weighted by Gasteiger charge is 2.18. The largest absolute Gasteiger partial charge is 0.348 e. The number of hydrogen-bond acceptors (Lipinski definition) is 4. The van der Waals surface area contributed by atoms with Gasteiger partial charge in [0.15, 0.2) is 0 Å². The van der Waals surface area contributed by atoms with Gasteiger partial charge in [0.05, 0.1) is 16.9 Å². The molecule has 4 aromatic rings. The van der Waals surface area contributed by atoms with Gasteiger partial charge in [-0.3, -0.25) is 9.52 Å². The fourth-order valence-corrected chi connectivity index (χ4v) is 4.30. The Morgan fingerprint density at radius 1 is 0.970 bits per heavy atom. The molecular formula is C24H21FN4O3S. The quantitative estimate of drug-likeness (QED) is 0.415. The number of rotatable bonds is 8. The van der Waals surface area contributed by atoms with Crippen molar-refractivity contribution in [1.82, 2.24) is 14.9 Å². The first kappa shape index (κ1) is 22.2. The van der Waals surface area contributed by atoms with Crippen LogP contribution in [0.5, 0.6) is 0 Å². The van der Waals surface area contributed by atoms with Crippen molar-refractivity contribution in [3.63, 3.8) is 0 Å². The smallest absolute Gasteiger partial charge is 0.262 e. The van der Waals surface area contributed by atoms with Gasteiger partial charge in [-0.1, -0.05) is 42.5 Å². The standard InChI is InChI=1S/C24H21FN4O3S/c25-22-6-1-2-7-23(22)28-33(31,32)21-5-3-4-20(14-21)24(30)27-15-18-8-10-19(11-9-18)16-29-13-12-26-17-29/h1-14,17,28H,15-16H2,(H,27,30). The summed E-state index contributed by atoms with van der Waals surface area (Å²) in [7, 11) is -4.06. The number of para-hydroxylation sites is 1. The summed E-state index contributed by atoms with van der Waals surface area (Å²) in [5, 5.41) is 2.79. The van der Waals surface area contributed by atoms with E-state index in [0.29, 0.717) is 6.54 Å². The van der Waals surface area contributed by atoms with Crippen LogP contribution in [-0.2, 0) is 23.1 Å². The van der Waals surface area contributed by atoms with Crippen LogP contribution in [0.1, 0.15) is 21.5 Å². The van der Waals surface area contributed by atoms with Crippen molar-refractivity contribution in [2.45, 2.75) is 18.0 Å². The van der Waals surface area contributed by atoms with E-state index >= 15 is 0 Å². The summed E-state index contributed by atoms with van der Waals surface area (Å²) in [6.07, 6.45) is 5.35. The summed E-state index contributed by atoms with van der Waals surface area (Å²) in [6, 6.07) is 18.9. The number of sulfonamides is 1. The number of benzene rings is 3. The monoisotopic (exact) mass is 464 g/mol. The van der Waals surface area contributed by atoms with Gasteiger partial charge in [0.25, 0.3) is 15.9 Å². The zero-order valence-electron chi connectivity index (χ0n) is 17.5. The van der Waals surface area contributed by atoms with E-state index in [-0.39, 0.29) is 22.7 Å². The van der Waals surface area contributed by atoms with Gasteiger partial charge in [-0.25, -0.2) is 17.8 Å². The highest BCUT2D eigenvalue weighted by molar-refractivity contribution is 7.92. The highest BCUT2D eigenvalue weighted by Crippen LogP contribution is 2.19. The molecule has 0 bridgehead atoms. The van der Waals surface area contributed by atoms with Crippen LogP contribution < -0.4 is 10.0 Å². The number of nitrogens with zero attached hydrogens (tertiary/aromatic N) is 2. The van der Waals surface area contributed by atoms with E-state index in [1.165, 1.54) is 42.5 Å². The molecule has 0 spiro atoms. The van der Waals surface area contributed by atoms with Crippen LogP contribution in [0.4, 0.5) is 10.1 Å². The van der Waals surface area contributed by atoms with E-state index in [2.05, 4.69) is 15.0 Å². The molecule has 33 heavy (non-hydrogen) atoms. The van der Waals surface area contributed by atoms with Gasteiger partial charge in [-0.2, -0.15) is 0 Å². The van der Waals surface area contributed by atoms with Crippen molar-refractivity contribution in [2.75, 3.05) is 4.72 Å². The number of halogens is 1. The van der Waals surface area contributed by atoms with Crippen LogP contribution in [0.15, 0.2) is 96.4 Å². The van der Waals surface area contributed by atoms with E-state index < -0.39 is 21.7 Å². The van der Waals surface area contributed by atoms with Crippen molar-refractivity contribution in [3.05, 3.63) is 114 Å². The van der Waals surface area contributed by atoms with Crippen LogP contribution in [0.25, 0.3) is 0 Å². The van der Waals surface area contributed by atoms with Gasteiger partial charge in [0.1, 0.15) is 5.82 Å². The predicted molar refractivity (Wildman–Crippen MR) is 123 cm³/mol. The van der Waals surface area contributed by atoms with Gasteiger partial charge < -0.3 is 9.88 Å². The molecule has 0 unspecified atom stereocenters. The molecule has 0 fully saturated rings. The molecule has 7 nitrogen and oxygen atoms in total. The van der Waals surface area contributed by atoms with E-state index in [1.54, 1.807) is 12.5 Å². The summed E-state index contributed by atoms with van der Waals surface area (Å²) < 4.78 is 43.3. The number of imidazole rings is 1. The summed E-state index contributed by atoms with van der Waals surface area (Å²) in [6.45, 7) is 0.990. The number of carbonyl (C=O) groups is 1. The summed E-state index contributed by atoms with van der Waals surface area (Å²) in [5.41, 5.74) is 2.03. The lowest BCUT2D eigenvalue weighted by Crippen LogP contribution is -2.23. The van der Waals surface area contributed by atoms with Crippen molar-refractivity contribution in [2.24, 2.45) is 0 Å². The maximum absolute atomic E-state index is 13.8. The van der Waals surface area contributed by atoms with Crippen molar-refractivity contribution in [1.29, 1.82) is 0 Å². The Labute approximate surface area is 191 Å².